The van der Waals surface area contributed by atoms with Crippen molar-refractivity contribution in [3.05, 3.63) is 47.1 Å². The van der Waals surface area contributed by atoms with Crippen molar-refractivity contribution in [1.29, 1.82) is 0 Å². The molecule has 1 aromatic heterocycles. The van der Waals surface area contributed by atoms with E-state index < -0.39 is 5.82 Å². The number of methoxy groups -OCH3 is 1. The van der Waals surface area contributed by atoms with Crippen LogP contribution in [0.4, 0.5) is 4.39 Å². The lowest BCUT2D eigenvalue weighted by Crippen LogP contribution is -2.17. The van der Waals surface area contributed by atoms with Crippen LogP contribution in [-0.4, -0.2) is 23.2 Å². The first-order valence-corrected chi connectivity index (χ1v) is 6.44. The Bertz CT molecular complexity index is 595. The summed E-state index contributed by atoms with van der Waals surface area (Å²) in [6.45, 7) is 1.83. The molecule has 1 atom stereocenters. The fraction of sp³-hybridized carbons (Fsp3) is 0.286. The molecular formula is C14H14ClFN2O2. The third-order valence-electron chi connectivity index (χ3n) is 2.65. The van der Waals surface area contributed by atoms with E-state index in [1.807, 2.05) is 31.2 Å². The second kappa shape index (κ2) is 6.52. The molecular weight excluding hydrogens is 283 g/mol. The average molecular weight is 297 g/mol. The minimum Gasteiger partial charge on any atom is -0.497 e. The van der Waals surface area contributed by atoms with E-state index in [2.05, 4.69) is 9.97 Å². The van der Waals surface area contributed by atoms with Crippen molar-refractivity contribution in [3.8, 4) is 11.6 Å². The fourth-order valence-corrected chi connectivity index (χ4v) is 1.90. The molecule has 1 heterocycles. The van der Waals surface area contributed by atoms with Gasteiger partial charge in [0.2, 0.25) is 11.1 Å². The van der Waals surface area contributed by atoms with Gasteiger partial charge in [-0.15, -0.1) is 0 Å². The minimum absolute atomic E-state index is 0.0463. The van der Waals surface area contributed by atoms with Crippen LogP contribution in [0, 0.1) is 5.82 Å². The molecule has 2 rings (SSSR count). The van der Waals surface area contributed by atoms with Crippen LogP contribution in [0.3, 0.4) is 0 Å². The van der Waals surface area contributed by atoms with Crippen LogP contribution in [0.1, 0.15) is 12.5 Å². The topological polar surface area (TPSA) is 44.2 Å². The van der Waals surface area contributed by atoms with Gasteiger partial charge in [0.25, 0.3) is 5.88 Å². The van der Waals surface area contributed by atoms with Crippen LogP contribution >= 0.6 is 11.6 Å². The maximum absolute atomic E-state index is 13.5. The smallest absolute Gasteiger partial charge is 0.255 e. The number of ether oxygens (including phenoxy) is 2. The molecule has 0 saturated heterocycles. The Morgan fingerprint density at radius 3 is 2.95 bits per heavy atom. The van der Waals surface area contributed by atoms with E-state index in [9.17, 15) is 4.39 Å². The normalized spacial score (nSPS) is 12.0. The zero-order valence-electron chi connectivity index (χ0n) is 11.1. The summed E-state index contributed by atoms with van der Waals surface area (Å²) in [6, 6.07) is 7.61. The quantitative estimate of drug-likeness (QED) is 0.794. The molecule has 0 bridgehead atoms. The Kier molecular flexibility index (Phi) is 4.74. The first-order chi connectivity index (χ1) is 9.58. The van der Waals surface area contributed by atoms with Gasteiger partial charge in [-0.3, -0.25) is 0 Å². The van der Waals surface area contributed by atoms with Gasteiger partial charge in [-0.05, 0) is 36.2 Å². The average Bonchev–Trinajstić information content (AvgIpc) is 2.43. The molecule has 6 heteroatoms. The summed E-state index contributed by atoms with van der Waals surface area (Å²) in [5.41, 5.74) is 1.03. The third kappa shape index (κ3) is 3.81. The molecule has 2 aromatic rings. The van der Waals surface area contributed by atoms with Gasteiger partial charge in [-0.2, -0.15) is 9.37 Å². The third-order valence-corrected chi connectivity index (χ3v) is 2.83. The van der Waals surface area contributed by atoms with Gasteiger partial charge < -0.3 is 9.47 Å². The lowest BCUT2D eigenvalue weighted by Gasteiger charge is -2.14. The molecule has 0 aliphatic carbocycles. The molecule has 4 nitrogen and oxygen atoms in total. The largest absolute Gasteiger partial charge is 0.497 e. The summed E-state index contributed by atoms with van der Waals surface area (Å²) in [6.07, 6.45) is 1.32. The highest BCUT2D eigenvalue weighted by atomic mass is 35.5. The summed E-state index contributed by atoms with van der Waals surface area (Å²) in [5.74, 6) is -0.00162. The predicted octanol–water partition coefficient (Wildman–Crippen LogP) is 3.29. The van der Waals surface area contributed by atoms with Crippen LogP contribution in [0.5, 0.6) is 11.6 Å². The standard InChI is InChI=1S/C14H14ClFN2O2/c1-9(6-10-4-3-5-11(7-10)19-2)20-13-12(16)8-17-14(15)18-13/h3-5,7-9H,6H2,1-2H3/t9-/m1/s1. The lowest BCUT2D eigenvalue weighted by molar-refractivity contribution is 0.202. The SMILES string of the molecule is COc1cccc(C[C@@H](C)Oc2nc(Cl)ncc2F)c1. The van der Waals surface area contributed by atoms with Crippen LogP contribution in [-0.2, 0) is 6.42 Å². The second-order valence-electron chi connectivity index (χ2n) is 4.28. The molecule has 0 saturated carbocycles. The van der Waals surface area contributed by atoms with Crippen LogP contribution in [0.25, 0.3) is 0 Å². The number of benzene rings is 1. The van der Waals surface area contributed by atoms with Crippen LogP contribution < -0.4 is 9.47 Å². The second-order valence-corrected chi connectivity index (χ2v) is 4.61. The van der Waals surface area contributed by atoms with E-state index in [0.29, 0.717) is 6.42 Å². The molecule has 20 heavy (non-hydrogen) atoms. The van der Waals surface area contributed by atoms with Gasteiger partial charge in [0.05, 0.1) is 13.3 Å². The molecule has 0 aliphatic rings. The van der Waals surface area contributed by atoms with Gasteiger partial charge in [0, 0.05) is 6.42 Å². The predicted molar refractivity (Wildman–Crippen MR) is 73.8 cm³/mol. The molecule has 0 unspecified atom stereocenters. The Balaban J connectivity index is 2.04. The first-order valence-electron chi connectivity index (χ1n) is 6.06. The lowest BCUT2D eigenvalue weighted by atomic mass is 10.1. The van der Waals surface area contributed by atoms with E-state index >= 15 is 0 Å². The molecule has 0 N–H and O–H groups in total. The fourth-order valence-electron chi connectivity index (χ4n) is 1.78. The Morgan fingerprint density at radius 1 is 1.40 bits per heavy atom. The molecule has 1 aromatic carbocycles. The summed E-state index contributed by atoms with van der Waals surface area (Å²) < 4.78 is 24.1. The van der Waals surface area contributed by atoms with Crippen molar-refractivity contribution >= 4 is 11.6 Å². The van der Waals surface area contributed by atoms with E-state index in [1.54, 1.807) is 7.11 Å². The zero-order chi connectivity index (χ0) is 14.5. The van der Waals surface area contributed by atoms with Crippen molar-refractivity contribution in [2.24, 2.45) is 0 Å². The number of hydrogen-bond donors (Lipinski definition) is 0. The number of halogens is 2. The van der Waals surface area contributed by atoms with E-state index in [0.717, 1.165) is 17.5 Å². The van der Waals surface area contributed by atoms with Gasteiger partial charge in [0.1, 0.15) is 11.9 Å². The highest BCUT2D eigenvalue weighted by molar-refractivity contribution is 6.28. The zero-order valence-corrected chi connectivity index (χ0v) is 11.9. The van der Waals surface area contributed by atoms with E-state index in [-0.39, 0.29) is 17.3 Å². The molecule has 106 valence electrons. The highest BCUT2D eigenvalue weighted by Crippen LogP contribution is 2.19. The summed E-state index contributed by atoms with van der Waals surface area (Å²) in [5, 5.41) is -0.0463. The van der Waals surface area contributed by atoms with Gasteiger partial charge in [-0.25, -0.2) is 4.98 Å². The monoisotopic (exact) mass is 296 g/mol. The molecule has 0 amide bonds. The minimum atomic E-state index is -0.633. The molecule has 0 aliphatic heterocycles. The highest BCUT2D eigenvalue weighted by Gasteiger charge is 2.12. The van der Waals surface area contributed by atoms with Crippen molar-refractivity contribution in [2.45, 2.75) is 19.4 Å². The first kappa shape index (κ1) is 14.5. The molecule has 0 spiro atoms. The molecule has 0 radical (unpaired) electrons. The van der Waals surface area contributed by atoms with Gasteiger partial charge in [-0.1, -0.05) is 12.1 Å². The maximum atomic E-state index is 13.5. The van der Waals surface area contributed by atoms with E-state index in [1.165, 1.54) is 0 Å². The molecule has 0 fully saturated rings. The van der Waals surface area contributed by atoms with Gasteiger partial charge >= 0.3 is 0 Å². The van der Waals surface area contributed by atoms with Crippen molar-refractivity contribution in [1.82, 2.24) is 9.97 Å². The number of aromatic nitrogens is 2. The van der Waals surface area contributed by atoms with Crippen molar-refractivity contribution in [3.63, 3.8) is 0 Å². The Morgan fingerprint density at radius 2 is 2.20 bits per heavy atom. The van der Waals surface area contributed by atoms with Crippen molar-refractivity contribution < 1.29 is 13.9 Å². The summed E-state index contributed by atoms with van der Waals surface area (Å²) in [7, 11) is 1.61. The number of hydrogen-bond acceptors (Lipinski definition) is 4. The Labute approximate surface area is 121 Å². The number of rotatable bonds is 5. The summed E-state index contributed by atoms with van der Waals surface area (Å²) >= 11 is 5.61. The maximum Gasteiger partial charge on any atom is 0.255 e. The van der Waals surface area contributed by atoms with Gasteiger partial charge in [0.15, 0.2) is 0 Å². The van der Waals surface area contributed by atoms with Crippen LogP contribution in [0.2, 0.25) is 5.28 Å². The van der Waals surface area contributed by atoms with Crippen LogP contribution in [0.15, 0.2) is 30.5 Å². The van der Waals surface area contributed by atoms with E-state index in [4.69, 9.17) is 21.1 Å². The number of nitrogens with zero attached hydrogens (tertiary/aromatic N) is 2. The Hall–Kier alpha value is -1.88. The summed E-state index contributed by atoms with van der Waals surface area (Å²) in [4.78, 5) is 7.26. The van der Waals surface area contributed by atoms with Crippen molar-refractivity contribution in [2.75, 3.05) is 7.11 Å².